The molecule has 2 aliphatic rings. The molecule has 0 bridgehead atoms. The van der Waals surface area contributed by atoms with Crippen molar-refractivity contribution in [2.24, 2.45) is 11.7 Å². The molecule has 0 radical (unpaired) electrons. The highest BCUT2D eigenvalue weighted by Gasteiger charge is 2.43. The number of H-pyrrole nitrogens is 1. The fraction of sp³-hybridized carbons (Fsp3) is 0.583. The number of nitrogens with one attached hydrogen (secondary N) is 1. The molecule has 1 aliphatic heterocycles. The van der Waals surface area contributed by atoms with Crippen molar-refractivity contribution in [3.8, 4) is 0 Å². The zero-order chi connectivity index (χ0) is 22.3. The Balaban J connectivity index is 1.54. The van der Waals surface area contributed by atoms with Crippen LogP contribution in [0.4, 0.5) is 0 Å². The molecule has 1 aliphatic carbocycles. The fourth-order valence-electron chi connectivity index (χ4n) is 5.57. The number of carbonyl (C=O) groups excluding carboxylic acids is 2. The Kier molecular flexibility index (Phi) is 6.08. The SMILES string of the molecule is COC(=O)CCN(C(=O)C(N)C1C[C@@H]2c3cccc4[nH]cc(c34)C[C@H]2N(C)C1)C(C)C. The van der Waals surface area contributed by atoms with E-state index in [9.17, 15) is 9.59 Å². The first-order valence-electron chi connectivity index (χ1n) is 11.2. The molecule has 1 aromatic carbocycles. The molecule has 0 saturated carbocycles. The van der Waals surface area contributed by atoms with Gasteiger partial charge in [0.25, 0.3) is 0 Å². The first kappa shape index (κ1) is 21.8. The van der Waals surface area contributed by atoms with Crippen LogP contribution >= 0.6 is 0 Å². The normalized spacial score (nSPS) is 24.1. The minimum atomic E-state index is -0.588. The summed E-state index contributed by atoms with van der Waals surface area (Å²) in [7, 11) is 3.51. The number of hydrogen-bond acceptors (Lipinski definition) is 5. The Labute approximate surface area is 183 Å². The number of hydrogen-bond donors (Lipinski definition) is 2. The van der Waals surface area contributed by atoms with Gasteiger partial charge in [0, 0.05) is 48.2 Å². The van der Waals surface area contributed by atoms with Crippen molar-refractivity contribution < 1.29 is 14.3 Å². The van der Waals surface area contributed by atoms with E-state index in [1.54, 1.807) is 4.90 Å². The van der Waals surface area contributed by atoms with Crippen molar-refractivity contribution in [1.82, 2.24) is 14.8 Å². The molecular formula is C24H34N4O3. The van der Waals surface area contributed by atoms with E-state index in [2.05, 4.69) is 41.3 Å². The van der Waals surface area contributed by atoms with Crippen LogP contribution in [0, 0.1) is 5.92 Å². The van der Waals surface area contributed by atoms with Crippen LogP contribution in [0.2, 0.25) is 0 Å². The first-order valence-corrected chi connectivity index (χ1v) is 11.2. The van der Waals surface area contributed by atoms with Crippen LogP contribution < -0.4 is 5.73 Å². The Morgan fingerprint density at radius 3 is 2.84 bits per heavy atom. The summed E-state index contributed by atoms with van der Waals surface area (Å²) in [6, 6.07) is 6.29. The van der Waals surface area contributed by atoms with Gasteiger partial charge < -0.3 is 25.3 Å². The molecule has 2 aromatic rings. The molecule has 2 heterocycles. The number of piperidine rings is 1. The molecule has 4 atom stereocenters. The maximum atomic E-state index is 13.3. The molecular weight excluding hydrogens is 392 g/mol. The van der Waals surface area contributed by atoms with Gasteiger partial charge in [-0.15, -0.1) is 0 Å². The largest absolute Gasteiger partial charge is 0.469 e. The van der Waals surface area contributed by atoms with E-state index < -0.39 is 6.04 Å². The third-order valence-electron chi connectivity index (χ3n) is 7.24. The van der Waals surface area contributed by atoms with E-state index in [-0.39, 0.29) is 30.3 Å². The van der Waals surface area contributed by atoms with Crippen LogP contribution in [0.25, 0.3) is 10.9 Å². The average molecular weight is 427 g/mol. The highest BCUT2D eigenvalue weighted by Crippen LogP contribution is 2.44. The van der Waals surface area contributed by atoms with Crippen LogP contribution in [-0.2, 0) is 20.7 Å². The van der Waals surface area contributed by atoms with E-state index >= 15 is 0 Å². The van der Waals surface area contributed by atoms with Gasteiger partial charge in [-0.25, -0.2) is 0 Å². The van der Waals surface area contributed by atoms with E-state index in [4.69, 9.17) is 10.5 Å². The lowest BCUT2D eigenvalue weighted by Gasteiger charge is -2.47. The predicted molar refractivity (Wildman–Crippen MR) is 121 cm³/mol. The Morgan fingerprint density at radius 2 is 2.13 bits per heavy atom. The van der Waals surface area contributed by atoms with Crippen LogP contribution in [0.1, 0.15) is 43.7 Å². The number of benzene rings is 1. The number of likely N-dealkylation sites (N-methyl/N-ethyl adjacent to an activating group) is 1. The second-order valence-electron chi connectivity index (χ2n) is 9.37. The summed E-state index contributed by atoms with van der Waals surface area (Å²) in [5, 5.41) is 1.35. The Morgan fingerprint density at radius 1 is 1.35 bits per heavy atom. The maximum absolute atomic E-state index is 13.3. The molecule has 4 rings (SSSR count). The number of carbonyl (C=O) groups is 2. The zero-order valence-electron chi connectivity index (χ0n) is 18.9. The number of likely N-dealkylation sites (tertiary alicyclic amines) is 1. The quantitative estimate of drug-likeness (QED) is 0.692. The van der Waals surface area contributed by atoms with Gasteiger partial charge in [0.1, 0.15) is 0 Å². The van der Waals surface area contributed by atoms with Gasteiger partial charge in [-0.3, -0.25) is 9.59 Å². The second-order valence-corrected chi connectivity index (χ2v) is 9.37. The lowest BCUT2D eigenvalue weighted by Crippen LogP contribution is -2.57. The fourth-order valence-corrected chi connectivity index (χ4v) is 5.57. The molecule has 7 heteroatoms. The van der Waals surface area contributed by atoms with Crippen molar-refractivity contribution in [2.45, 2.75) is 57.2 Å². The number of aromatic amines is 1. The molecule has 31 heavy (non-hydrogen) atoms. The summed E-state index contributed by atoms with van der Waals surface area (Å²) < 4.78 is 4.74. The van der Waals surface area contributed by atoms with Gasteiger partial charge in [0.05, 0.1) is 19.6 Å². The van der Waals surface area contributed by atoms with Gasteiger partial charge in [-0.1, -0.05) is 12.1 Å². The number of aromatic nitrogens is 1. The number of rotatable bonds is 6. The molecule has 1 fully saturated rings. The number of ether oxygens (including phenoxy) is 1. The minimum absolute atomic E-state index is 0.0249. The van der Waals surface area contributed by atoms with Crippen LogP contribution in [0.15, 0.2) is 24.4 Å². The van der Waals surface area contributed by atoms with Crippen molar-refractivity contribution >= 4 is 22.8 Å². The van der Waals surface area contributed by atoms with Crippen LogP contribution in [-0.4, -0.2) is 72.0 Å². The van der Waals surface area contributed by atoms with E-state index in [0.717, 1.165) is 19.4 Å². The summed E-state index contributed by atoms with van der Waals surface area (Å²) in [6.45, 7) is 5.05. The van der Waals surface area contributed by atoms with Gasteiger partial charge in [0.2, 0.25) is 5.91 Å². The highest BCUT2D eigenvalue weighted by atomic mass is 16.5. The average Bonchev–Trinajstić information content (AvgIpc) is 3.17. The van der Waals surface area contributed by atoms with E-state index in [1.807, 2.05) is 13.8 Å². The van der Waals surface area contributed by atoms with Crippen molar-refractivity contribution in [2.75, 3.05) is 27.2 Å². The Hall–Kier alpha value is -2.38. The monoisotopic (exact) mass is 426 g/mol. The molecule has 1 aromatic heterocycles. The smallest absolute Gasteiger partial charge is 0.307 e. The van der Waals surface area contributed by atoms with E-state index in [1.165, 1.54) is 29.1 Å². The lowest BCUT2D eigenvalue weighted by molar-refractivity contribution is -0.142. The predicted octanol–water partition coefficient (Wildman–Crippen LogP) is 2.26. The first-order chi connectivity index (χ1) is 14.8. The molecule has 7 nitrogen and oxygen atoms in total. The van der Waals surface area contributed by atoms with Gasteiger partial charge >= 0.3 is 5.97 Å². The van der Waals surface area contributed by atoms with Crippen LogP contribution in [0.3, 0.4) is 0 Å². The van der Waals surface area contributed by atoms with Crippen molar-refractivity contribution in [1.29, 1.82) is 0 Å². The molecule has 3 N–H and O–H groups in total. The molecule has 168 valence electrons. The molecule has 2 unspecified atom stereocenters. The van der Waals surface area contributed by atoms with Gasteiger partial charge in [-0.05, 0) is 56.8 Å². The topological polar surface area (TPSA) is 91.7 Å². The van der Waals surface area contributed by atoms with Crippen molar-refractivity contribution in [3.63, 3.8) is 0 Å². The number of fused-ring (bicyclic) bond motifs is 2. The van der Waals surface area contributed by atoms with Crippen molar-refractivity contribution in [3.05, 3.63) is 35.5 Å². The summed E-state index contributed by atoms with van der Waals surface area (Å²) >= 11 is 0. The van der Waals surface area contributed by atoms with Gasteiger partial charge in [-0.2, -0.15) is 0 Å². The lowest BCUT2D eigenvalue weighted by atomic mass is 9.71. The molecule has 1 saturated heterocycles. The summed E-state index contributed by atoms with van der Waals surface area (Å²) in [6.07, 6.45) is 4.24. The standard InChI is InChI=1S/C24H34N4O3/c1-14(2)28(9-8-21(29)31-4)24(30)23(25)16-10-18-17-6-5-7-19-22(17)15(12-26-19)11-20(18)27(3)13-16/h5-7,12,14,16,18,20,23,26H,8-11,13,25H2,1-4H3/t16?,18-,20-,23?/m1/s1. The Bertz CT molecular complexity index is 969. The minimum Gasteiger partial charge on any atom is -0.469 e. The van der Waals surface area contributed by atoms with Crippen LogP contribution in [0.5, 0.6) is 0 Å². The summed E-state index contributed by atoms with van der Waals surface area (Å²) in [4.78, 5) is 32.4. The number of nitrogens with two attached hydrogens (primary N) is 1. The zero-order valence-corrected chi connectivity index (χ0v) is 18.9. The van der Waals surface area contributed by atoms with E-state index in [0.29, 0.717) is 18.5 Å². The third-order valence-corrected chi connectivity index (χ3v) is 7.24. The third kappa shape index (κ3) is 3.96. The summed E-state index contributed by atoms with van der Waals surface area (Å²) in [5.74, 6) is 0.0306. The number of esters is 1. The second kappa shape index (κ2) is 8.63. The number of methoxy groups -OCH3 is 1. The molecule has 0 spiro atoms. The highest BCUT2D eigenvalue weighted by molar-refractivity contribution is 5.88. The van der Waals surface area contributed by atoms with Gasteiger partial charge in [0.15, 0.2) is 0 Å². The molecule has 1 amide bonds. The summed E-state index contributed by atoms with van der Waals surface area (Å²) in [5.41, 5.74) is 10.5. The number of nitrogens with zero attached hydrogens (tertiary/aromatic N) is 2. The maximum Gasteiger partial charge on any atom is 0.307 e. The number of amides is 1.